The van der Waals surface area contributed by atoms with Gasteiger partial charge in [0, 0.05) is 6.54 Å². The Bertz CT molecular complexity index is 350. The monoisotopic (exact) mass is 257 g/mol. The fourth-order valence-electron chi connectivity index (χ4n) is 1.39. The number of carbonyl (C=O) groups is 2. The van der Waals surface area contributed by atoms with E-state index in [0.717, 1.165) is 0 Å². The number of aliphatic carboxylic acids is 1. The van der Waals surface area contributed by atoms with E-state index in [2.05, 4.69) is 39.9 Å². The maximum atomic E-state index is 12.0. The maximum Gasteiger partial charge on any atom is 0.324 e. The van der Waals surface area contributed by atoms with Crippen LogP contribution in [0.15, 0.2) is 0 Å². The zero-order valence-electron chi connectivity index (χ0n) is 11.8. The third-order valence-corrected chi connectivity index (χ3v) is 4.26. The van der Waals surface area contributed by atoms with Gasteiger partial charge in [0.25, 0.3) is 0 Å². The highest BCUT2D eigenvalue weighted by molar-refractivity contribution is 6.03. The van der Waals surface area contributed by atoms with Gasteiger partial charge in [-0.15, -0.1) is 0 Å². The number of rotatable bonds is 4. The van der Waals surface area contributed by atoms with Crippen LogP contribution in [0.4, 0.5) is 0 Å². The van der Waals surface area contributed by atoms with Gasteiger partial charge in [-0.2, -0.15) is 0 Å². The number of nitrogens with one attached hydrogen (secondary N) is 1. The highest BCUT2D eigenvalue weighted by Gasteiger charge is 2.53. The molecule has 0 aromatic heterocycles. The molecule has 1 amide bonds. The van der Waals surface area contributed by atoms with Crippen LogP contribution in [0.1, 0.15) is 34.6 Å². The van der Waals surface area contributed by atoms with E-state index in [1.54, 1.807) is 0 Å². The molecule has 5 nitrogen and oxygen atoms in total. The van der Waals surface area contributed by atoms with Crippen molar-refractivity contribution in [2.75, 3.05) is 19.8 Å². The Labute approximate surface area is 108 Å². The molecular weight excluding hydrogens is 234 g/mol. The first-order valence-electron chi connectivity index (χ1n) is 6.12. The second-order valence-electron chi connectivity index (χ2n) is 6.70. The summed E-state index contributed by atoms with van der Waals surface area (Å²) in [6, 6.07) is 0. The van der Waals surface area contributed by atoms with E-state index in [4.69, 9.17) is 9.84 Å². The first-order chi connectivity index (χ1) is 8.03. The number of carboxylic acids is 1. The van der Waals surface area contributed by atoms with Crippen LogP contribution in [0.25, 0.3) is 0 Å². The topological polar surface area (TPSA) is 75.6 Å². The number of amides is 1. The molecule has 1 saturated heterocycles. The van der Waals surface area contributed by atoms with E-state index in [0.29, 0.717) is 6.54 Å². The summed E-state index contributed by atoms with van der Waals surface area (Å²) in [5.74, 6) is -1.56. The van der Waals surface area contributed by atoms with Gasteiger partial charge in [0.1, 0.15) is 0 Å². The number of carbonyl (C=O) groups excluding carboxylic acids is 1. The molecule has 1 aliphatic heterocycles. The summed E-state index contributed by atoms with van der Waals surface area (Å²) >= 11 is 0. The standard InChI is InChI=1S/C13H23NO4/c1-11(2,3)12(4,5)6-14-9(15)13(10(16)17)7-18-8-13/h6-8H2,1-5H3,(H,14,15)(H,16,17). The molecule has 18 heavy (non-hydrogen) atoms. The third kappa shape index (κ3) is 2.51. The largest absolute Gasteiger partial charge is 0.480 e. The van der Waals surface area contributed by atoms with Crippen LogP contribution in [0, 0.1) is 16.2 Å². The highest BCUT2D eigenvalue weighted by atomic mass is 16.5. The lowest BCUT2D eigenvalue weighted by Gasteiger charge is -2.41. The molecule has 0 bridgehead atoms. The Morgan fingerprint density at radius 3 is 2.00 bits per heavy atom. The lowest BCUT2D eigenvalue weighted by atomic mass is 9.69. The Kier molecular flexibility index (Phi) is 3.77. The van der Waals surface area contributed by atoms with E-state index < -0.39 is 17.3 Å². The van der Waals surface area contributed by atoms with Crippen molar-refractivity contribution in [3.05, 3.63) is 0 Å². The van der Waals surface area contributed by atoms with Crippen LogP contribution in [0.5, 0.6) is 0 Å². The molecule has 0 radical (unpaired) electrons. The van der Waals surface area contributed by atoms with Crippen molar-refractivity contribution >= 4 is 11.9 Å². The highest BCUT2D eigenvalue weighted by Crippen LogP contribution is 2.37. The van der Waals surface area contributed by atoms with Crippen molar-refractivity contribution in [1.29, 1.82) is 0 Å². The molecular formula is C13H23NO4. The number of carboxylic acid groups (broad SMARTS) is 1. The van der Waals surface area contributed by atoms with E-state index in [1.807, 2.05) is 0 Å². The number of ether oxygens (including phenoxy) is 1. The van der Waals surface area contributed by atoms with Crippen molar-refractivity contribution < 1.29 is 19.4 Å². The Morgan fingerprint density at radius 1 is 1.22 bits per heavy atom. The molecule has 0 aromatic rings. The predicted molar refractivity (Wildman–Crippen MR) is 67.1 cm³/mol. The minimum absolute atomic E-state index is 0.0206. The van der Waals surface area contributed by atoms with Gasteiger partial charge < -0.3 is 15.2 Å². The molecule has 104 valence electrons. The van der Waals surface area contributed by atoms with Crippen LogP contribution in [0.3, 0.4) is 0 Å². The average molecular weight is 257 g/mol. The fraction of sp³-hybridized carbons (Fsp3) is 0.846. The van der Waals surface area contributed by atoms with Crippen molar-refractivity contribution in [1.82, 2.24) is 5.32 Å². The minimum Gasteiger partial charge on any atom is -0.480 e. The summed E-state index contributed by atoms with van der Waals surface area (Å²) in [5.41, 5.74) is -1.48. The Morgan fingerprint density at radius 2 is 1.72 bits per heavy atom. The fourth-order valence-corrected chi connectivity index (χ4v) is 1.39. The second-order valence-corrected chi connectivity index (χ2v) is 6.70. The molecule has 0 atom stereocenters. The summed E-state index contributed by atoms with van der Waals surface area (Å²) in [5, 5.41) is 11.9. The van der Waals surface area contributed by atoms with Gasteiger partial charge in [-0.05, 0) is 10.8 Å². The van der Waals surface area contributed by atoms with Gasteiger partial charge in [0.05, 0.1) is 13.2 Å². The van der Waals surface area contributed by atoms with E-state index in [-0.39, 0.29) is 24.0 Å². The third-order valence-electron chi connectivity index (χ3n) is 4.26. The van der Waals surface area contributed by atoms with Gasteiger partial charge >= 0.3 is 5.97 Å². The summed E-state index contributed by atoms with van der Waals surface area (Å²) in [4.78, 5) is 23.1. The molecule has 1 fully saturated rings. The molecule has 5 heteroatoms. The molecule has 1 rings (SSSR count). The Hall–Kier alpha value is -1.10. The quantitative estimate of drug-likeness (QED) is 0.744. The zero-order chi connectivity index (χ0) is 14.2. The van der Waals surface area contributed by atoms with E-state index >= 15 is 0 Å². The van der Waals surface area contributed by atoms with Gasteiger partial charge in [0.2, 0.25) is 5.91 Å². The van der Waals surface area contributed by atoms with E-state index in [9.17, 15) is 9.59 Å². The molecule has 0 saturated carbocycles. The van der Waals surface area contributed by atoms with Crippen LogP contribution >= 0.6 is 0 Å². The van der Waals surface area contributed by atoms with Crippen LogP contribution in [-0.2, 0) is 14.3 Å². The first kappa shape index (κ1) is 15.0. The van der Waals surface area contributed by atoms with Gasteiger partial charge in [0.15, 0.2) is 5.41 Å². The molecule has 1 heterocycles. The average Bonchev–Trinajstić information content (AvgIpc) is 2.10. The van der Waals surface area contributed by atoms with Gasteiger partial charge in [-0.1, -0.05) is 34.6 Å². The van der Waals surface area contributed by atoms with Crippen molar-refractivity contribution in [3.8, 4) is 0 Å². The molecule has 0 aromatic carbocycles. The number of hydrogen-bond acceptors (Lipinski definition) is 3. The molecule has 0 unspecified atom stereocenters. The molecule has 0 spiro atoms. The van der Waals surface area contributed by atoms with Crippen LogP contribution in [0.2, 0.25) is 0 Å². The molecule has 0 aliphatic carbocycles. The second kappa shape index (κ2) is 4.53. The summed E-state index contributed by atoms with van der Waals surface area (Å²) in [6.07, 6.45) is 0. The van der Waals surface area contributed by atoms with Crippen LogP contribution < -0.4 is 5.32 Å². The van der Waals surface area contributed by atoms with Gasteiger partial charge in [-0.3, -0.25) is 9.59 Å². The normalized spacial score (nSPS) is 18.9. The molecule has 2 N–H and O–H groups in total. The van der Waals surface area contributed by atoms with Crippen LogP contribution in [-0.4, -0.2) is 36.7 Å². The van der Waals surface area contributed by atoms with Gasteiger partial charge in [-0.25, -0.2) is 0 Å². The Balaban J connectivity index is 2.65. The summed E-state index contributed by atoms with van der Waals surface area (Å²) in [6.45, 7) is 10.8. The van der Waals surface area contributed by atoms with E-state index in [1.165, 1.54) is 0 Å². The predicted octanol–water partition coefficient (Wildman–Crippen LogP) is 1.28. The summed E-state index contributed by atoms with van der Waals surface area (Å²) in [7, 11) is 0. The minimum atomic E-state index is -1.38. The first-order valence-corrected chi connectivity index (χ1v) is 6.12. The lowest BCUT2D eigenvalue weighted by Crippen LogP contribution is -2.60. The van der Waals surface area contributed by atoms with Crippen molar-refractivity contribution in [2.24, 2.45) is 16.2 Å². The van der Waals surface area contributed by atoms with Crippen molar-refractivity contribution in [3.63, 3.8) is 0 Å². The SMILES string of the molecule is CC(C)(C)C(C)(C)CNC(=O)C1(C(=O)O)COC1. The summed E-state index contributed by atoms with van der Waals surface area (Å²) < 4.78 is 4.88. The smallest absolute Gasteiger partial charge is 0.324 e. The lowest BCUT2D eigenvalue weighted by molar-refractivity contribution is -0.185. The maximum absolute atomic E-state index is 12.0. The number of hydrogen-bond donors (Lipinski definition) is 2. The molecule has 1 aliphatic rings. The zero-order valence-corrected chi connectivity index (χ0v) is 11.8. The van der Waals surface area contributed by atoms with Crippen molar-refractivity contribution in [2.45, 2.75) is 34.6 Å².